The first-order chi connectivity index (χ1) is 9.45. The minimum absolute atomic E-state index is 0.119. The van der Waals surface area contributed by atoms with Gasteiger partial charge in [0.05, 0.1) is 19.3 Å². The number of hydrogen-bond acceptors (Lipinski definition) is 4. The molecule has 20 heavy (non-hydrogen) atoms. The normalized spacial score (nSPS) is 31.0. The Morgan fingerprint density at radius 3 is 2.55 bits per heavy atom. The van der Waals surface area contributed by atoms with Crippen LogP contribution in [0.3, 0.4) is 0 Å². The third-order valence-electron chi connectivity index (χ3n) is 4.30. The lowest BCUT2D eigenvalue weighted by Crippen LogP contribution is -2.54. The Morgan fingerprint density at radius 1 is 1.30 bits per heavy atom. The number of urea groups is 1. The number of hydrogen-bond donors (Lipinski definition) is 2. The lowest BCUT2D eigenvalue weighted by Gasteiger charge is -2.33. The molecule has 0 aromatic heterocycles. The van der Waals surface area contributed by atoms with Gasteiger partial charge < -0.3 is 24.8 Å². The van der Waals surface area contributed by atoms with Crippen molar-refractivity contribution in [1.82, 2.24) is 10.2 Å². The van der Waals surface area contributed by atoms with Crippen LogP contribution in [0.15, 0.2) is 0 Å². The van der Waals surface area contributed by atoms with E-state index >= 15 is 0 Å². The van der Waals surface area contributed by atoms with Crippen molar-refractivity contribution in [3.8, 4) is 0 Å². The van der Waals surface area contributed by atoms with Gasteiger partial charge >= 0.3 is 12.0 Å². The molecule has 2 rings (SSSR count). The summed E-state index contributed by atoms with van der Waals surface area (Å²) in [5.74, 6) is -0.950. The van der Waals surface area contributed by atoms with Crippen LogP contribution in [-0.2, 0) is 14.3 Å². The molecular formula is C13H22N2O5. The topological polar surface area (TPSA) is 88.1 Å². The molecule has 2 aliphatic heterocycles. The van der Waals surface area contributed by atoms with Gasteiger partial charge in [-0.3, -0.25) is 4.79 Å². The summed E-state index contributed by atoms with van der Waals surface area (Å²) >= 11 is 0. The third-order valence-corrected chi connectivity index (χ3v) is 4.30. The fourth-order valence-corrected chi connectivity index (χ4v) is 2.57. The minimum atomic E-state index is -1.06. The second-order valence-corrected chi connectivity index (χ2v) is 5.69. The Bertz CT molecular complexity index is 383. The predicted molar refractivity (Wildman–Crippen MR) is 70.5 cm³/mol. The van der Waals surface area contributed by atoms with Gasteiger partial charge in [0.1, 0.15) is 5.41 Å². The Balaban J connectivity index is 1.95. The molecule has 0 bridgehead atoms. The van der Waals surface area contributed by atoms with Crippen molar-refractivity contribution in [2.75, 3.05) is 33.5 Å². The fraction of sp³-hybridized carbons (Fsp3) is 0.846. The van der Waals surface area contributed by atoms with E-state index in [0.717, 1.165) is 12.8 Å². The number of carbonyl (C=O) groups excluding carboxylic acids is 1. The van der Waals surface area contributed by atoms with Crippen LogP contribution in [0.1, 0.15) is 19.8 Å². The molecular weight excluding hydrogens is 264 g/mol. The zero-order valence-electron chi connectivity index (χ0n) is 11.9. The van der Waals surface area contributed by atoms with Crippen LogP contribution in [0.5, 0.6) is 0 Å². The highest BCUT2D eigenvalue weighted by Gasteiger charge is 2.47. The highest BCUT2D eigenvalue weighted by Crippen LogP contribution is 2.29. The Hall–Kier alpha value is -1.34. The molecule has 114 valence electrons. The number of nitrogens with zero attached hydrogens (tertiary/aromatic N) is 1. The zero-order chi connectivity index (χ0) is 14.8. The smallest absolute Gasteiger partial charge is 0.317 e. The van der Waals surface area contributed by atoms with E-state index in [1.807, 2.05) is 0 Å². The van der Waals surface area contributed by atoms with Crippen LogP contribution in [-0.4, -0.2) is 67.6 Å². The van der Waals surface area contributed by atoms with Gasteiger partial charge in [-0.25, -0.2) is 4.79 Å². The maximum Gasteiger partial charge on any atom is 0.317 e. The van der Waals surface area contributed by atoms with E-state index in [0.29, 0.717) is 13.2 Å². The van der Waals surface area contributed by atoms with Crippen LogP contribution in [0.25, 0.3) is 0 Å². The monoisotopic (exact) mass is 286 g/mol. The lowest BCUT2D eigenvalue weighted by atomic mass is 9.85. The molecule has 0 saturated carbocycles. The Morgan fingerprint density at radius 2 is 1.95 bits per heavy atom. The molecule has 0 aromatic carbocycles. The second-order valence-electron chi connectivity index (χ2n) is 5.69. The van der Waals surface area contributed by atoms with Gasteiger partial charge in [0.2, 0.25) is 0 Å². The largest absolute Gasteiger partial charge is 0.481 e. The van der Waals surface area contributed by atoms with Crippen LogP contribution >= 0.6 is 0 Å². The highest BCUT2D eigenvalue weighted by atomic mass is 16.5. The summed E-state index contributed by atoms with van der Waals surface area (Å²) in [4.78, 5) is 25.2. The summed E-state index contributed by atoms with van der Waals surface area (Å²) in [5, 5.41) is 12.1. The van der Waals surface area contributed by atoms with E-state index in [4.69, 9.17) is 9.47 Å². The summed E-state index contributed by atoms with van der Waals surface area (Å²) in [5.41, 5.74) is -1.06. The van der Waals surface area contributed by atoms with E-state index in [-0.39, 0.29) is 25.3 Å². The standard InChI is InChI=1S/C13H22N2O5/c1-13(11(16)17)8-20-7-10(13)14-12(18)15(2)9-3-5-19-6-4-9/h9-10H,3-8H2,1-2H3,(H,14,18)(H,16,17). The first kappa shape index (κ1) is 15.1. The van der Waals surface area contributed by atoms with E-state index in [9.17, 15) is 14.7 Å². The predicted octanol–water partition coefficient (Wildman–Crippen LogP) is 0.296. The van der Waals surface area contributed by atoms with Crippen molar-refractivity contribution < 1.29 is 24.2 Å². The van der Waals surface area contributed by atoms with Crippen molar-refractivity contribution in [2.24, 2.45) is 5.41 Å². The molecule has 0 aliphatic carbocycles. The molecule has 2 aliphatic rings. The van der Waals surface area contributed by atoms with Crippen LogP contribution < -0.4 is 5.32 Å². The van der Waals surface area contributed by atoms with E-state index in [1.54, 1.807) is 18.9 Å². The molecule has 2 heterocycles. The SMILES string of the molecule is CN(C(=O)NC1COCC1(C)C(=O)O)C1CCOCC1. The van der Waals surface area contributed by atoms with Crippen LogP contribution in [0.4, 0.5) is 4.79 Å². The van der Waals surface area contributed by atoms with Gasteiger partial charge in [0.15, 0.2) is 0 Å². The van der Waals surface area contributed by atoms with Crippen molar-refractivity contribution in [3.63, 3.8) is 0 Å². The van der Waals surface area contributed by atoms with Crippen molar-refractivity contribution in [1.29, 1.82) is 0 Å². The number of carboxylic acid groups (broad SMARTS) is 1. The quantitative estimate of drug-likeness (QED) is 0.779. The van der Waals surface area contributed by atoms with E-state index in [2.05, 4.69) is 5.32 Å². The second kappa shape index (κ2) is 5.97. The molecule has 0 radical (unpaired) electrons. The molecule has 0 spiro atoms. The number of carboxylic acids is 1. The molecule has 2 unspecified atom stereocenters. The fourth-order valence-electron chi connectivity index (χ4n) is 2.57. The van der Waals surface area contributed by atoms with E-state index in [1.165, 1.54) is 0 Å². The zero-order valence-corrected chi connectivity index (χ0v) is 11.9. The molecule has 2 atom stereocenters. The summed E-state index contributed by atoms with van der Waals surface area (Å²) in [7, 11) is 1.74. The van der Waals surface area contributed by atoms with Crippen molar-refractivity contribution in [3.05, 3.63) is 0 Å². The first-order valence-corrected chi connectivity index (χ1v) is 6.87. The van der Waals surface area contributed by atoms with Gasteiger partial charge in [-0.2, -0.15) is 0 Å². The van der Waals surface area contributed by atoms with Crippen molar-refractivity contribution >= 4 is 12.0 Å². The van der Waals surface area contributed by atoms with Crippen molar-refractivity contribution in [2.45, 2.75) is 31.8 Å². The molecule has 2 N–H and O–H groups in total. The maximum absolute atomic E-state index is 12.2. The Kier molecular flexibility index (Phi) is 4.49. The maximum atomic E-state index is 12.2. The Labute approximate surface area is 118 Å². The van der Waals surface area contributed by atoms with Gasteiger partial charge in [-0.1, -0.05) is 0 Å². The number of aliphatic carboxylic acids is 1. The van der Waals surface area contributed by atoms with Gasteiger partial charge in [-0.15, -0.1) is 0 Å². The average molecular weight is 286 g/mol. The number of amides is 2. The summed E-state index contributed by atoms with van der Waals surface area (Å²) in [6.45, 7) is 3.26. The van der Waals surface area contributed by atoms with Crippen LogP contribution in [0, 0.1) is 5.41 Å². The van der Waals surface area contributed by atoms with Gasteiger partial charge in [0, 0.05) is 26.3 Å². The number of nitrogens with one attached hydrogen (secondary N) is 1. The third kappa shape index (κ3) is 2.88. The molecule has 2 amide bonds. The molecule has 7 nitrogen and oxygen atoms in total. The molecule has 2 fully saturated rings. The average Bonchev–Trinajstić information content (AvgIpc) is 2.81. The summed E-state index contributed by atoms with van der Waals surface area (Å²) in [6, 6.07) is -0.614. The molecule has 2 saturated heterocycles. The van der Waals surface area contributed by atoms with Crippen LogP contribution in [0.2, 0.25) is 0 Å². The lowest BCUT2D eigenvalue weighted by molar-refractivity contribution is -0.148. The highest BCUT2D eigenvalue weighted by molar-refractivity contribution is 5.79. The number of ether oxygens (including phenoxy) is 2. The molecule has 0 aromatic rings. The van der Waals surface area contributed by atoms with E-state index < -0.39 is 17.4 Å². The van der Waals surface area contributed by atoms with Gasteiger partial charge in [0.25, 0.3) is 0 Å². The number of rotatable bonds is 3. The summed E-state index contributed by atoms with van der Waals surface area (Å²) in [6.07, 6.45) is 1.61. The number of carbonyl (C=O) groups is 2. The minimum Gasteiger partial charge on any atom is -0.481 e. The molecule has 7 heteroatoms. The first-order valence-electron chi connectivity index (χ1n) is 6.87. The summed E-state index contributed by atoms with van der Waals surface area (Å²) < 4.78 is 10.5. The van der Waals surface area contributed by atoms with Gasteiger partial charge in [-0.05, 0) is 19.8 Å².